The SMILES string of the molecule is CCC(C)NC(=O)c1cc(NC(=O)Cc2ccc(OC)cc2)ccc1N1CCCC1. The lowest BCUT2D eigenvalue weighted by Crippen LogP contribution is -2.33. The fourth-order valence-electron chi connectivity index (χ4n) is 3.57. The highest BCUT2D eigenvalue weighted by molar-refractivity contribution is 6.02. The number of benzene rings is 2. The van der Waals surface area contributed by atoms with Crippen LogP contribution in [0.5, 0.6) is 5.75 Å². The first-order chi connectivity index (χ1) is 14.5. The molecule has 6 heteroatoms. The van der Waals surface area contributed by atoms with Crippen LogP contribution in [0, 0.1) is 0 Å². The van der Waals surface area contributed by atoms with Crippen molar-refractivity contribution in [2.45, 2.75) is 45.6 Å². The van der Waals surface area contributed by atoms with Crippen molar-refractivity contribution in [3.05, 3.63) is 53.6 Å². The number of hydrogen-bond acceptors (Lipinski definition) is 4. The van der Waals surface area contributed by atoms with Crippen LogP contribution in [-0.4, -0.2) is 38.1 Å². The van der Waals surface area contributed by atoms with Gasteiger partial charge in [0.1, 0.15) is 5.75 Å². The van der Waals surface area contributed by atoms with Gasteiger partial charge in [-0.15, -0.1) is 0 Å². The minimum absolute atomic E-state index is 0.0947. The first-order valence-corrected chi connectivity index (χ1v) is 10.6. The van der Waals surface area contributed by atoms with E-state index in [1.807, 2.05) is 50.2 Å². The quantitative estimate of drug-likeness (QED) is 0.691. The zero-order valence-corrected chi connectivity index (χ0v) is 18.0. The zero-order chi connectivity index (χ0) is 21.5. The molecular formula is C24H31N3O3. The van der Waals surface area contributed by atoms with Crippen LogP contribution in [0.2, 0.25) is 0 Å². The molecular weight excluding hydrogens is 378 g/mol. The molecule has 0 radical (unpaired) electrons. The van der Waals surface area contributed by atoms with Crippen LogP contribution in [0.1, 0.15) is 49.0 Å². The summed E-state index contributed by atoms with van der Waals surface area (Å²) < 4.78 is 5.15. The molecule has 1 saturated heterocycles. The molecule has 1 fully saturated rings. The molecule has 2 aromatic rings. The van der Waals surface area contributed by atoms with Crippen LogP contribution in [0.15, 0.2) is 42.5 Å². The summed E-state index contributed by atoms with van der Waals surface area (Å²) in [4.78, 5) is 27.7. The lowest BCUT2D eigenvalue weighted by molar-refractivity contribution is -0.115. The molecule has 3 rings (SSSR count). The van der Waals surface area contributed by atoms with Gasteiger partial charge in [-0.25, -0.2) is 0 Å². The van der Waals surface area contributed by atoms with E-state index in [2.05, 4.69) is 15.5 Å². The largest absolute Gasteiger partial charge is 0.497 e. The van der Waals surface area contributed by atoms with Crippen LogP contribution in [0.25, 0.3) is 0 Å². The maximum Gasteiger partial charge on any atom is 0.253 e. The minimum atomic E-state index is -0.123. The fraction of sp³-hybridized carbons (Fsp3) is 0.417. The summed E-state index contributed by atoms with van der Waals surface area (Å²) in [6.07, 6.45) is 3.38. The third kappa shape index (κ3) is 5.53. The molecule has 1 aliphatic rings. The Labute approximate surface area is 178 Å². The Morgan fingerprint density at radius 3 is 2.43 bits per heavy atom. The summed E-state index contributed by atoms with van der Waals surface area (Å²) in [7, 11) is 1.61. The van der Waals surface area contributed by atoms with E-state index in [9.17, 15) is 9.59 Å². The highest BCUT2D eigenvalue weighted by Gasteiger charge is 2.21. The molecule has 0 bridgehead atoms. The van der Waals surface area contributed by atoms with E-state index in [4.69, 9.17) is 4.74 Å². The third-order valence-corrected chi connectivity index (χ3v) is 5.49. The summed E-state index contributed by atoms with van der Waals surface area (Å²) in [5.41, 5.74) is 3.07. The van der Waals surface area contributed by atoms with Gasteiger partial charge in [-0.3, -0.25) is 9.59 Å². The van der Waals surface area contributed by atoms with E-state index < -0.39 is 0 Å². The number of carbonyl (C=O) groups is 2. The van der Waals surface area contributed by atoms with Crippen molar-refractivity contribution in [3.8, 4) is 5.75 Å². The summed E-state index contributed by atoms with van der Waals surface area (Å²) in [6, 6.07) is 13.1. The number of nitrogens with one attached hydrogen (secondary N) is 2. The predicted octanol–water partition coefficient (Wildman–Crippen LogP) is 4.00. The lowest BCUT2D eigenvalue weighted by Gasteiger charge is -2.23. The zero-order valence-electron chi connectivity index (χ0n) is 18.0. The van der Waals surface area contributed by atoms with Crippen LogP contribution in [-0.2, 0) is 11.2 Å². The van der Waals surface area contributed by atoms with Crippen molar-refractivity contribution in [2.24, 2.45) is 0 Å². The first-order valence-electron chi connectivity index (χ1n) is 10.6. The molecule has 1 atom stereocenters. The Bertz CT molecular complexity index is 874. The number of amides is 2. The molecule has 160 valence electrons. The van der Waals surface area contributed by atoms with Crippen LogP contribution in [0.3, 0.4) is 0 Å². The second-order valence-corrected chi connectivity index (χ2v) is 7.78. The smallest absolute Gasteiger partial charge is 0.253 e. The van der Waals surface area contributed by atoms with Gasteiger partial charge in [-0.2, -0.15) is 0 Å². The van der Waals surface area contributed by atoms with Gasteiger partial charge in [0.25, 0.3) is 5.91 Å². The van der Waals surface area contributed by atoms with Gasteiger partial charge in [0, 0.05) is 30.5 Å². The van der Waals surface area contributed by atoms with Crippen LogP contribution < -0.4 is 20.3 Å². The fourth-order valence-corrected chi connectivity index (χ4v) is 3.57. The normalized spacial score (nSPS) is 14.3. The maximum absolute atomic E-state index is 12.9. The maximum atomic E-state index is 12.9. The van der Waals surface area contributed by atoms with Gasteiger partial charge in [0.05, 0.1) is 19.1 Å². The molecule has 30 heavy (non-hydrogen) atoms. The van der Waals surface area contributed by atoms with Gasteiger partial charge in [-0.1, -0.05) is 19.1 Å². The number of rotatable bonds is 8. The highest BCUT2D eigenvalue weighted by Crippen LogP contribution is 2.28. The number of anilines is 2. The summed E-state index contributed by atoms with van der Waals surface area (Å²) >= 11 is 0. The van der Waals surface area contributed by atoms with Crippen molar-refractivity contribution >= 4 is 23.2 Å². The van der Waals surface area contributed by atoms with Gasteiger partial charge in [-0.05, 0) is 62.1 Å². The molecule has 0 aliphatic carbocycles. The number of methoxy groups -OCH3 is 1. The van der Waals surface area contributed by atoms with E-state index in [1.165, 1.54) is 0 Å². The Kier molecular flexibility index (Phi) is 7.33. The van der Waals surface area contributed by atoms with Crippen molar-refractivity contribution in [2.75, 3.05) is 30.4 Å². The second-order valence-electron chi connectivity index (χ2n) is 7.78. The lowest BCUT2D eigenvalue weighted by atomic mass is 10.1. The van der Waals surface area contributed by atoms with Gasteiger partial charge in [0.15, 0.2) is 0 Å². The summed E-state index contributed by atoms with van der Waals surface area (Å²) in [5.74, 6) is 0.536. The second kappa shape index (κ2) is 10.1. The predicted molar refractivity (Wildman–Crippen MR) is 120 cm³/mol. The standard InChI is InChI=1S/C24H31N3O3/c1-4-17(2)25-24(29)21-16-19(9-12-22(21)27-13-5-6-14-27)26-23(28)15-18-7-10-20(30-3)11-8-18/h7-12,16-17H,4-6,13-15H2,1-3H3,(H,25,29)(H,26,28). The summed E-state index contributed by atoms with van der Waals surface area (Å²) in [5, 5.41) is 5.98. The number of carbonyl (C=O) groups excluding carboxylic acids is 2. The van der Waals surface area contributed by atoms with Gasteiger partial charge < -0.3 is 20.3 Å². The van der Waals surface area contributed by atoms with E-state index in [-0.39, 0.29) is 24.3 Å². The van der Waals surface area contributed by atoms with Crippen LogP contribution >= 0.6 is 0 Å². The average molecular weight is 410 g/mol. The van der Waals surface area contributed by atoms with Crippen LogP contribution in [0.4, 0.5) is 11.4 Å². The molecule has 2 aromatic carbocycles. The molecule has 1 heterocycles. The highest BCUT2D eigenvalue weighted by atomic mass is 16.5. The van der Waals surface area contributed by atoms with Gasteiger partial charge in [0.2, 0.25) is 5.91 Å². The Balaban J connectivity index is 1.76. The molecule has 0 spiro atoms. The average Bonchev–Trinajstić information content (AvgIpc) is 3.28. The van der Waals surface area contributed by atoms with E-state index in [1.54, 1.807) is 13.2 Å². The molecule has 0 saturated carbocycles. The molecule has 2 amide bonds. The van der Waals surface area contributed by atoms with E-state index in [0.29, 0.717) is 11.3 Å². The summed E-state index contributed by atoms with van der Waals surface area (Å²) in [6.45, 7) is 5.94. The topological polar surface area (TPSA) is 70.7 Å². The Hall–Kier alpha value is -3.02. The first kappa shape index (κ1) is 21.7. The minimum Gasteiger partial charge on any atom is -0.497 e. The van der Waals surface area contributed by atoms with E-state index >= 15 is 0 Å². The van der Waals surface area contributed by atoms with Crippen molar-refractivity contribution < 1.29 is 14.3 Å². The number of nitrogens with zero attached hydrogens (tertiary/aromatic N) is 1. The Morgan fingerprint density at radius 1 is 1.10 bits per heavy atom. The third-order valence-electron chi connectivity index (χ3n) is 5.49. The number of ether oxygens (including phenoxy) is 1. The van der Waals surface area contributed by atoms with Crippen molar-refractivity contribution in [3.63, 3.8) is 0 Å². The number of hydrogen-bond donors (Lipinski definition) is 2. The molecule has 6 nitrogen and oxygen atoms in total. The van der Waals surface area contributed by atoms with Gasteiger partial charge >= 0.3 is 0 Å². The molecule has 0 aromatic heterocycles. The monoisotopic (exact) mass is 409 g/mol. The van der Waals surface area contributed by atoms with E-state index in [0.717, 1.165) is 49.4 Å². The van der Waals surface area contributed by atoms with Crippen molar-refractivity contribution in [1.82, 2.24) is 5.32 Å². The Morgan fingerprint density at radius 2 is 1.80 bits per heavy atom. The molecule has 2 N–H and O–H groups in total. The van der Waals surface area contributed by atoms with Crippen molar-refractivity contribution in [1.29, 1.82) is 0 Å². The molecule has 1 unspecified atom stereocenters. The molecule has 1 aliphatic heterocycles.